The van der Waals surface area contributed by atoms with Crippen molar-refractivity contribution in [2.45, 2.75) is 0 Å². The first-order valence-electron chi connectivity index (χ1n) is 1.13. The molecule has 0 fully saturated rings. The van der Waals surface area contributed by atoms with E-state index < -0.39 is 17.2 Å². The van der Waals surface area contributed by atoms with Gasteiger partial charge in [-0.25, -0.2) is 0 Å². The molecule has 2 N–H and O–H groups in total. The smallest absolute Gasteiger partial charge is 0.820 e. The summed E-state index contributed by atoms with van der Waals surface area (Å²) in [5.41, 5.74) is 0. The SMILES string of the molecule is [Na+].[Na+].[O-]P([O-])OP(O)O. The van der Waals surface area contributed by atoms with Crippen molar-refractivity contribution in [1.82, 2.24) is 0 Å². The van der Waals surface area contributed by atoms with Gasteiger partial charge in [0.25, 0.3) is 0 Å². The fourth-order valence-electron chi connectivity index (χ4n) is 0.0596. The first-order chi connectivity index (χ1) is 3.13. The molecule has 0 amide bonds. The summed E-state index contributed by atoms with van der Waals surface area (Å²) >= 11 is 0. The van der Waals surface area contributed by atoms with Gasteiger partial charge >= 0.3 is 67.7 Å². The summed E-state index contributed by atoms with van der Waals surface area (Å²) in [6.07, 6.45) is 0. The molecule has 0 aliphatic heterocycles. The summed E-state index contributed by atoms with van der Waals surface area (Å²) in [7, 11) is -5.85. The molecule has 0 saturated carbocycles. The molecule has 0 bridgehead atoms. The Morgan fingerprint density at radius 1 is 1.11 bits per heavy atom. The zero-order valence-electron chi connectivity index (χ0n) is 5.01. The van der Waals surface area contributed by atoms with Crippen LogP contribution in [0.4, 0.5) is 0 Å². The van der Waals surface area contributed by atoms with E-state index >= 15 is 0 Å². The van der Waals surface area contributed by atoms with Crippen LogP contribution in [0.3, 0.4) is 0 Å². The van der Waals surface area contributed by atoms with E-state index in [1.807, 2.05) is 0 Å². The van der Waals surface area contributed by atoms with Crippen LogP contribution < -0.4 is 68.9 Å². The zero-order chi connectivity index (χ0) is 5.86. The summed E-state index contributed by atoms with van der Waals surface area (Å²) in [4.78, 5) is 34.1. The minimum absolute atomic E-state index is 0. The molecule has 0 aliphatic carbocycles. The molecule has 0 saturated heterocycles. The van der Waals surface area contributed by atoms with Gasteiger partial charge in [-0.1, -0.05) is 0 Å². The van der Waals surface area contributed by atoms with E-state index in [-0.39, 0.29) is 59.1 Å². The second-order valence-electron chi connectivity index (χ2n) is 0.558. The second-order valence-corrected chi connectivity index (χ2v) is 2.16. The summed E-state index contributed by atoms with van der Waals surface area (Å²) in [5, 5.41) is 0. The quantitative estimate of drug-likeness (QED) is 0.333. The molecule has 0 heterocycles. The van der Waals surface area contributed by atoms with Crippen LogP contribution in [0.15, 0.2) is 0 Å². The van der Waals surface area contributed by atoms with E-state index in [0.717, 1.165) is 0 Å². The van der Waals surface area contributed by atoms with Crippen molar-refractivity contribution in [2.75, 3.05) is 0 Å². The zero-order valence-corrected chi connectivity index (χ0v) is 10.8. The van der Waals surface area contributed by atoms with Crippen molar-refractivity contribution in [3.63, 3.8) is 0 Å². The van der Waals surface area contributed by atoms with Crippen LogP contribution in [-0.4, -0.2) is 9.79 Å². The standard InChI is InChI=1S/2Na.H2O5P2/c;;1-6(2)5-7(3)4/h;;1-2H/q2*+1;-2. The predicted octanol–water partition coefficient (Wildman–Crippen LogP) is -7.83. The van der Waals surface area contributed by atoms with E-state index in [1.54, 1.807) is 0 Å². The van der Waals surface area contributed by atoms with Gasteiger partial charge < -0.3 is 23.9 Å². The molecule has 0 radical (unpaired) electrons. The van der Waals surface area contributed by atoms with E-state index in [1.165, 1.54) is 0 Å². The first kappa shape index (κ1) is 17.7. The molecule has 0 aromatic rings. The second kappa shape index (κ2) is 10.7. The Hall–Kier alpha value is 2.66. The number of hydrogen-bond donors (Lipinski definition) is 2. The molecule has 0 aliphatic rings. The molecule has 0 atom stereocenters. The fraction of sp³-hybridized carbons (Fsp3) is 0. The van der Waals surface area contributed by atoms with E-state index in [2.05, 4.69) is 4.31 Å². The van der Waals surface area contributed by atoms with Crippen LogP contribution in [0.1, 0.15) is 0 Å². The van der Waals surface area contributed by atoms with Crippen molar-refractivity contribution in [2.24, 2.45) is 0 Å². The molecule has 9 heavy (non-hydrogen) atoms. The van der Waals surface area contributed by atoms with Crippen LogP contribution in [0.5, 0.6) is 0 Å². The topological polar surface area (TPSA) is 95.8 Å². The Morgan fingerprint density at radius 3 is 1.44 bits per heavy atom. The Bertz CT molecular complexity index is 42.2. The third kappa shape index (κ3) is 18.0. The van der Waals surface area contributed by atoms with Gasteiger partial charge in [0.2, 0.25) is 0 Å². The van der Waals surface area contributed by atoms with Crippen molar-refractivity contribution < 1.29 is 83.0 Å². The molecule has 0 unspecified atom stereocenters. The molecule has 9 heteroatoms. The van der Waals surface area contributed by atoms with Crippen LogP contribution in [0.2, 0.25) is 0 Å². The van der Waals surface area contributed by atoms with Crippen molar-refractivity contribution in [3.05, 3.63) is 0 Å². The van der Waals surface area contributed by atoms with E-state index in [4.69, 9.17) is 9.79 Å². The van der Waals surface area contributed by atoms with Crippen molar-refractivity contribution in [1.29, 1.82) is 0 Å². The van der Waals surface area contributed by atoms with Crippen LogP contribution in [0, 0.1) is 0 Å². The van der Waals surface area contributed by atoms with Crippen molar-refractivity contribution >= 4 is 17.2 Å². The van der Waals surface area contributed by atoms with Gasteiger partial charge in [-0.15, -0.1) is 8.60 Å². The largest absolute Gasteiger partial charge is 1.00 e. The summed E-state index contributed by atoms with van der Waals surface area (Å²) in [5.74, 6) is 0. The van der Waals surface area contributed by atoms with Crippen LogP contribution in [-0.2, 0) is 4.31 Å². The van der Waals surface area contributed by atoms with Gasteiger partial charge in [-0.05, 0) is 0 Å². The summed E-state index contributed by atoms with van der Waals surface area (Å²) in [6, 6.07) is 0. The fourth-order valence-corrected chi connectivity index (χ4v) is 0.537. The first-order valence-corrected chi connectivity index (χ1v) is 3.39. The van der Waals surface area contributed by atoms with Crippen LogP contribution in [0.25, 0.3) is 0 Å². The normalized spacial score (nSPS) is 8.67. The third-order valence-electron chi connectivity index (χ3n) is 0.140. The van der Waals surface area contributed by atoms with Gasteiger partial charge in [0.05, 0.1) is 0 Å². The minimum Gasteiger partial charge on any atom is -0.820 e. The molecule has 0 rings (SSSR count). The van der Waals surface area contributed by atoms with Crippen molar-refractivity contribution in [3.8, 4) is 0 Å². The predicted molar refractivity (Wildman–Crippen MR) is 19.4 cm³/mol. The average Bonchev–Trinajstić information content (AvgIpc) is 1.27. The van der Waals surface area contributed by atoms with E-state index in [9.17, 15) is 9.79 Å². The number of rotatable bonds is 2. The van der Waals surface area contributed by atoms with Gasteiger partial charge in [0.15, 0.2) is 0 Å². The Kier molecular flexibility index (Phi) is 20.9. The minimum atomic E-state index is -3.11. The summed E-state index contributed by atoms with van der Waals surface area (Å²) in [6.45, 7) is 0. The van der Waals surface area contributed by atoms with Crippen LogP contribution >= 0.6 is 17.2 Å². The maximum atomic E-state index is 9.32. The molecule has 0 spiro atoms. The Morgan fingerprint density at radius 2 is 1.44 bits per heavy atom. The molecule has 0 aromatic heterocycles. The molecule has 44 valence electrons. The van der Waals surface area contributed by atoms with Gasteiger partial charge in [0.1, 0.15) is 0 Å². The summed E-state index contributed by atoms with van der Waals surface area (Å²) < 4.78 is 3.38. The Labute approximate surface area is 99.0 Å². The molecular formula is H2Na2O5P2. The Balaban J connectivity index is -0.000000180. The maximum Gasteiger partial charge on any atom is 1.00 e. The van der Waals surface area contributed by atoms with Gasteiger partial charge in [-0.2, -0.15) is 0 Å². The maximum absolute atomic E-state index is 9.32. The number of hydrogen-bond acceptors (Lipinski definition) is 5. The monoisotopic (exact) mass is 190 g/mol. The average molecular weight is 190 g/mol. The molecular weight excluding hydrogens is 188 g/mol. The van der Waals surface area contributed by atoms with Gasteiger partial charge in [-0.3, -0.25) is 0 Å². The third-order valence-corrected chi connectivity index (χ3v) is 1.26. The van der Waals surface area contributed by atoms with Gasteiger partial charge in [0, 0.05) is 0 Å². The molecule has 5 nitrogen and oxygen atoms in total. The van der Waals surface area contributed by atoms with E-state index in [0.29, 0.717) is 0 Å². The molecule has 0 aromatic carbocycles.